The quantitative estimate of drug-likeness (QED) is 0.486. The molecule has 0 saturated carbocycles. The highest BCUT2D eigenvalue weighted by atomic mass is 127. The molecule has 0 N–H and O–H groups in total. The van der Waals surface area contributed by atoms with Crippen molar-refractivity contribution in [2.75, 3.05) is 8.86 Å². The van der Waals surface area contributed by atoms with Crippen LogP contribution in [0, 0.1) is 0 Å². The van der Waals surface area contributed by atoms with Crippen LogP contribution in [-0.2, 0) is 20.1 Å². The molecule has 0 aliphatic rings. The van der Waals surface area contributed by atoms with Gasteiger partial charge in [-0.3, -0.25) is 13.9 Å². The Kier molecular flexibility index (Phi) is 4.45. The van der Waals surface area contributed by atoms with Gasteiger partial charge in [-0.15, -0.1) is 0 Å². The van der Waals surface area contributed by atoms with Crippen LogP contribution >= 0.6 is 45.2 Å². The third-order valence-corrected chi connectivity index (χ3v) is 3.70. The van der Waals surface area contributed by atoms with E-state index in [0.29, 0.717) is 17.7 Å². The standard InChI is InChI=1S/C10H12I2N4O2/c1-14-8-7(15(4-2-11)6-13-8)9(17)16(5-3-12)10(14)18/h6H,2-5H2,1H3. The van der Waals surface area contributed by atoms with E-state index in [1.165, 1.54) is 9.13 Å². The van der Waals surface area contributed by atoms with Crippen molar-refractivity contribution in [2.24, 2.45) is 7.05 Å². The first-order valence-electron chi connectivity index (χ1n) is 5.38. The number of aromatic nitrogens is 4. The van der Waals surface area contributed by atoms with Crippen LogP contribution in [0.2, 0.25) is 0 Å². The molecule has 2 heterocycles. The van der Waals surface area contributed by atoms with Gasteiger partial charge >= 0.3 is 5.69 Å². The summed E-state index contributed by atoms with van der Waals surface area (Å²) in [6.07, 6.45) is 1.62. The van der Waals surface area contributed by atoms with E-state index in [4.69, 9.17) is 0 Å². The molecule has 0 saturated heterocycles. The molecule has 8 heteroatoms. The van der Waals surface area contributed by atoms with Crippen LogP contribution in [0.25, 0.3) is 11.2 Å². The Bertz CT molecular complexity index is 685. The number of hydrogen-bond acceptors (Lipinski definition) is 3. The van der Waals surface area contributed by atoms with Gasteiger partial charge in [-0.1, -0.05) is 45.2 Å². The van der Waals surface area contributed by atoms with E-state index in [9.17, 15) is 9.59 Å². The number of fused-ring (bicyclic) bond motifs is 1. The molecule has 0 spiro atoms. The highest BCUT2D eigenvalue weighted by molar-refractivity contribution is 14.1. The third kappa shape index (κ3) is 2.24. The van der Waals surface area contributed by atoms with E-state index >= 15 is 0 Å². The molecule has 6 nitrogen and oxygen atoms in total. The van der Waals surface area contributed by atoms with Crippen LogP contribution < -0.4 is 11.2 Å². The van der Waals surface area contributed by atoms with E-state index in [-0.39, 0.29) is 11.2 Å². The van der Waals surface area contributed by atoms with Gasteiger partial charge < -0.3 is 4.57 Å². The second-order valence-electron chi connectivity index (χ2n) is 3.79. The zero-order valence-corrected chi connectivity index (χ0v) is 14.1. The zero-order chi connectivity index (χ0) is 13.3. The summed E-state index contributed by atoms with van der Waals surface area (Å²) in [6, 6.07) is 0. The Balaban J connectivity index is 2.84. The Hall–Kier alpha value is -0.390. The topological polar surface area (TPSA) is 61.8 Å². The molecule has 0 fully saturated rings. The molecule has 2 aromatic heterocycles. The molecular formula is C10H12I2N4O2. The maximum atomic E-state index is 12.3. The first kappa shape index (κ1) is 14.0. The second kappa shape index (κ2) is 5.72. The molecule has 0 aromatic carbocycles. The van der Waals surface area contributed by atoms with Crippen molar-refractivity contribution < 1.29 is 0 Å². The minimum absolute atomic E-state index is 0.243. The van der Waals surface area contributed by atoms with Crippen molar-refractivity contribution in [3.05, 3.63) is 27.2 Å². The number of rotatable bonds is 4. The van der Waals surface area contributed by atoms with Gasteiger partial charge in [-0.25, -0.2) is 9.78 Å². The summed E-state index contributed by atoms with van der Waals surface area (Å²) in [5, 5.41) is 0. The Morgan fingerprint density at radius 2 is 1.89 bits per heavy atom. The van der Waals surface area contributed by atoms with E-state index in [0.717, 1.165) is 15.4 Å². The lowest BCUT2D eigenvalue weighted by Gasteiger charge is -2.07. The first-order valence-corrected chi connectivity index (χ1v) is 8.43. The number of halogens is 2. The molecule has 0 radical (unpaired) electrons. The number of imidazole rings is 1. The summed E-state index contributed by atoms with van der Waals surface area (Å²) in [5.74, 6) is 0. The lowest BCUT2D eigenvalue weighted by Crippen LogP contribution is -2.40. The van der Waals surface area contributed by atoms with Crippen LogP contribution in [0.3, 0.4) is 0 Å². The molecule has 0 unspecified atom stereocenters. The molecule has 0 atom stereocenters. The molecule has 0 amide bonds. The summed E-state index contributed by atoms with van der Waals surface area (Å²) in [7, 11) is 1.65. The van der Waals surface area contributed by atoms with E-state index in [1.54, 1.807) is 13.4 Å². The average molecular weight is 474 g/mol. The number of alkyl halides is 2. The van der Waals surface area contributed by atoms with Gasteiger partial charge in [0.25, 0.3) is 5.56 Å². The number of aryl methyl sites for hydroxylation is 2. The van der Waals surface area contributed by atoms with Crippen LogP contribution in [0.5, 0.6) is 0 Å². The van der Waals surface area contributed by atoms with Gasteiger partial charge in [-0.05, 0) is 0 Å². The zero-order valence-electron chi connectivity index (χ0n) is 9.77. The SMILES string of the molecule is Cn1c(=O)n(CCI)c(=O)c2c1ncn2CCI. The summed E-state index contributed by atoms with van der Waals surface area (Å²) < 4.78 is 6.14. The third-order valence-electron chi connectivity index (χ3n) is 2.74. The normalized spacial score (nSPS) is 11.3. The predicted octanol–water partition coefficient (Wildman–Crippen LogP) is 0.767. The fraction of sp³-hybridized carbons (Fsp3) is 0.500. The lowest BCUT2D eigenvalue weighted by molar-refractivity contribution is 0.642. The van der Waals surface area contributed by atoms with Gasteiger partial charge in [0.2, 0.25) is 0 Å². The first-order chi connectivity index (χ1) is 8.61. The van der Waals surface area contributed by atoms with Crippen molar-refractivity contribution in [2.45, 2.75) is 13.1 Å². The Morgan fingerprint density at radius 3 is 2.50 bits per heavy atom. The molecule has 18 heavy (non-hydrogen) atoms. The van der Waals surface area contributed by atoms with Gasteiger partial charge in [0.1, 0.15) is 0 Å². The largest absolute Gasteiger partial charge is 0.332 e. The minimum Gasteiger partial charge on any atom is -0.324 e. The van der Waals surface area contributed by atoms with Gasteiger partial charge in [0.15, 0.2) is 11.2 Å². The number of nitrogens with zero attached hydrogens (tertiary/aromatic N) is 4. The average Bonchev–Trinajstić information content (AvgIpc) is 2.76. The maximum Gasteiger partial charge on any atom is 0.332 e. The summed E-state index contributed by atoms with van der Waals surface area (Å²) in [6.45, 7) is 1.15. The number of hydrogen-bond donors (Lipinski definition) is 0. The molecule has 98 valence electrons. The molecule has 2 aromatic rings. The monoisotopic (exact) mass is 474 g/mol. The highest BCUT2D eigenvalue weighted by Gasteiger charge is 2.15. The van der Waals surface area contributed by atoms with E-state index in [1.807, 2.05) is 4.57 Å². The van der Waals surface area contributed by atoms with Crippen molar-refractivity contribution >= 4 is 56.3 Å². The van der Waals surface area contributed by atoms with Gasteiger partial charge in [-0.2, -0.15) is 0 Å². The Labute approximate surface area is 130 Å². The maximum absolute atomic E-state index is 12.3. The van der Waals surface area contributed by atoms with E-state index < -0.39 is 0 Å². The summed E-state index contributed by atoms with van der Waals surface area (Å²) >= 11 is 4.40. The smallest absolute Gasteiger partial charge is 0.324 e. The molecule has 2 rings (SSSR count). The van der Waals surface area contributed by atoms with Crippen molar-refractivity contribution in [3.63, 3.8) is 0 Å². The summed E-state index contributed by atoms with van der Waals surface area (Å²) in [4.78, 5) is 28.5. The van der Waals surface area contributed by atoms with Crippen molar-refractivity contribution in [1.82, 2.24) is 18.7 Å². The fourth-order valence-corrected chi connectivity index (χ4v) is 2.87. The fourth-order valence-electron chi connectivity index (χ4n) is 1.86. The van der Waals surface area contributed by atoms with E-state index in [2.05, 4.69) is 50.2 Å². The molecular weight excluding hydrogens is 462 g/mol. The predicted molar refractivity (Wildman–Crippen MR) is 87.0 cm³/mol. The highest BCUT2D eigenvalue weighted by Crippen LogP contribution is 2.06. The molecule has 0 bridgehead atoms. The van der Waals surface area contributed by atoms with Crippen LogP contribution in [0.15, 0.2) is 15.9 Å². The van der Waals surface area contributed by atoms with Crippen LogP contribution in [0.4, 0.5) is 0 Å². The minimum atomic E-state index is -0.302. The van der Waals surface area contributed by atoms with Crippen LogP contribution in [0.1, 0.15) is 0 Å². The lowest BCUT2D eigenvalue weighted by atomic mass is 10.5. The second-order valence-corrected chi connectivity index (χ2v) is 5.94. The van der Waals surface area contributed by atoms with Crippen LogP contribution in [-0.4, -0.2) is 27.5 Å². The van der Waals surface area contributed by atoms with Crippen molar-refractivity contribution in [1.29, 1.82) is 0 Å². The van der Waals surface area contributed by atoms with Gasteiger partial charge in [0, 0.05) is 29.0 Å². The van der Waals surface area contributed by atoms with Crippen molar-refractivity contribution in [3.8, 4) is 0 Å². The molecule has 0 aliphatic heterocycles. The summed E-state index contributed by atoms with van der Waals surface area (Å²) in [5.41, 5.74) is 0.425. The Morgan fingerprint density at radius 1 is 1.22 bits per heavy atom. The molecule has 0 aliphatic carbocycles. The van der Waals surface area contributed by atoms with Gasteiger partial charge in [0.05, 0.1) is 6.33 Å².